The number of alkyl carbamates (subject to hydrolysis) is 1. The Balaban J connectivity index is 1.55. The Hall–Kier alpha value is -3.36. The monoisotopic (exact) mass is 635 g/mol. The van der Waals surface area contributed by atoms with Crippen molar-refractivity contribution in [1.29, 1.82) is 0 Å². The average molecular weight is 636 g/mol. The number of nitrogens with one attached hydrogen (secondary N) is 1. The smallest absolute Gasteiger partial charge is 0.408 e. The molecular formula is C37H53N3O6. The summed E-state index contributed by atoms with van der Waals surface area (Å²) in [4.78, 5) is 47.8. The van der Waals surface area contributed by atoms with Crippen molar-refractivity contribution in [3.05, 3.63) is 29.8 Å². The molecule has 3 aliphatic rings. The average Bonchev–Trinajstić information content (AvgIpc) is 3.38. The molecule has 1 aromatic heterocycles. The molecule has 2 amide bonds. The molecule has 0 unspecified atom stereocenters. The van der Waals surface area contributed by atoms with Gasteiger partial charge in [0, 0.05) is 22.9 Å². The van der Waals surface area contributed by atoms with Crippen LogP contribution in [-0.4, -0.2) is 65.6 Å². The Kier molecular flexibility index (Phi) is 10.5. The molecule has 46 heavy (non-hydrogen) atoms. The molecule has 2 bridgehead atoms. The lowest BCUT2D eigenvalue weighted by Gasteiger charge is -2.38. The molecular weight excluding hydrogens is 582 g/mol. The lowest BCUT2D eigenvalue weighted by molar-refractivity contribution is -0.141. The number of methoxy groups -OCH3 is 1. The molecule has 1 aromatic carbocycles. The van der Waals surface area contributed by atoms with E-state index in [0.29, 0.717) is 18.2 Å². The van der Waals surface area contributed by atoms with Gasteiger partial charge in [-0.15, -0.1) is 0 Å². The number of ether oxygens (including phenoxy) is 3. The zero-order chi connectivity index (χ0) is 33.2. The lowest BCUT2D eigenvalue weighted by Crippen LogP contribution is -2.57. The quantitative estimate of drug-likeness (QED) is 0.392. The van der Waals surface area contributed by atoms with Gasteiger partial charge in [0.25, 0.3) is 0 Å². The standard InChI is InChI=1S/C37H53N3O6/c1-8-28-30-21-40(31(28)23(3)41)35(42)33(37(4,5)6)39-36(43)46-32-22(2)13-12-16-24(32)14-10-9-11-15-26-19-25-17-18-27(44-7)20-29(25)38-34(26)45-30/h17-20,22,24,28,30-33H,8-16,21H2,1-7H3,(H,39,43)/t22-,24-,28-,30+,31-,32-,33-/m1/s1. The van der Waals surface area contributed by atoms with Gasteiger partial charge in [-0.1, -0.05) is 53.9 Å². The van der Waals surface area contributed by atoms with Gasteiger partial charge in [-0.25, -0.2) is 9.78 Å². The maximum atomic E-state index is 14.4. The maximum absolute atomic E-state index is 14.4. The first-order valence-corrected chi connectivity index (χ1v) is 17.3. The number of fused-ring (bicyclic) bond motifs is 5. The summed E-state index contributed by atoms with van der Waals surface area (Å²) in [5.74, 6) is 1.21. The molecule has 5 rings (SSSR count). The molecule has 0 radical (unpaired) electrons. The van der Waals surface area contributed by atoms with Crippen LogP contribution in [0, 0.1) is 23.2 Å². The molecule has 2 aliphatic heterocycles. The van der Waals surface area contributed by atoms with Crippen LogP contribution in [0.5, 0.6) is 11.6 Å². The van der Waals surface area contributed by atoms with Gasteiger partial charge in [0.05, 0.1) is 25.2 Å². The Morgan fingerprint density at radius 2 is 1.83 bits per heavy atom. The summed E-state index contributed by atoms with van der Waals surface area (Å²) in [6.07, 6.45) is 7.53. The molecule has 1 saturated carbocycles. The zero-order valence-corrected chi connectivity index (χ0v) is 28.8. The van der Waals surface area contributed by atoms with Gasteiger partial charge >= 0.3 is 6.09 Å². The number of ketones is 1. The second-order valence-electron chi connectivity index (χ2n) is 14.9. The maximum Gasteiger partial charge on any atom is 0.408 e. The van der Waals surface area contributed by atoms with Gasteiger partial charge < -0.3 is 24.4 Å². The van der Waals surface area contributed by atoms with Crippen LogP contribution in [0.1, 0.15) is 98.5 Å². The third kappa shape index (κ3) is 7.28. The van der Waals surface area contributed by atoms with E-state index in [1.165, 1.54) is 6.92 Å². The van der Waals surface area contributed by atoms with Crippen LogP contribution in [0.4, 0.5) is 4.79 Å². The second-order valence-corrected chi connectivity index (χ2v) is 14.9. The minimum atomic E-state index is -0.879. The van der Waals surface area contributed by atoms with Gasteiger partial charge in [-0.2, -0.15) is 0 Å². The van der Waals surface area contributed by atoms with Gasteiger partial charge in [0.2, 0.25) is 11.8 Å². The molecule has 9 heteroatoms. The summed E-state index contributed by atoms with van der Waals surface area (Å²) >= 11 is 0. The minimum Gasteiger partial charge on any atom is -0.497 e. The van der Waals surface area contributed by atoms with Crippen molar-refractivity contribution in [3.8, 4) is 11.6 Å². The number of carbonyl (C=O) groups excluding carboxylic acids is 3. The first-order chi connectivity index (χ1) is 21.9. The van der Waals surface area contributed by atoms with Crippen LogP contribution in [0.2, 0.25) is 0 Å². The third-order valence-electron chi connectivity index (χ3n) is 10.5. The SMILES string of the molecule is CC[C@@H]1[C@@H]2CN(C(=O)[C@H](C(C)(C)C)NC(=O)O[C@H]3[C@H](CCCCCc4cc5ccc(OC)cc5nc4O2)CCC[C@H]3C)[C@@H]1C(C)=O. The first kappa shape index (κ1) is 34.0. The van der Waals surface area contributed by atoms with Crippen molar-refractivity contribution in [2.45, 2.75) is 124 Å². The van der Waals surface area contributed by atoms with E-state index < -0.39 is 29.7 Å². The Labute approximate surface area is 274 Å². The normalized spacial score (nSPS) is 29.8. The number of aryl methyl sites for hydroxylation is 1. The number of nitrogens with zero attached hydrogens (tertiary/aromatic N) is 2. The number of pyridine rings is 1. The highest BCUT2D eigenvalue weighted by Gasteiger charge is 2.50. The predicted molar refractivity (Wildman–Crippen MR) is 178 cm³/mol. The van der Waals surface area contributed by atoms with Gasteiger partial charge in [-0.05, 0) is 80.9 Å². The fourth-order valence-corrected chi connectivity index (χ4v) is 7.97. The van der Waals surface area contributed by atoms with Crippen LogP contribution in [0.25, 0.3) is 10.9 Å². The van der Waals surface area contributed by atoms with E-state index in [0.717, 1.165) is 73.6 Å². The lowest BCUT2D eigenvalue weighted by atomic mass is 9.77. The van der Waals surface area contributed by atoms with Crippen molar-refractivity contribution < 1.29 is 28.6 Å². The highest BCUT2D eigenvalue weighted by Crippen LogP contribution is 2.38. The third-order valence-corrected chi connectivity index (χ3v) is 10.5. The van der Waals surface area contributed by atoms with Crippen molar-refractivity contribution in [2.75, 3.05) is 13.7 Å². The topological polar surface area (TPSA) is 107 Å². The molecule has 1 saturated heterocycles. The summed E-state index contributed by atoms with van der Waals surface area (Å²) in [5.41, 5.74) is 1.18. The Morgan fingerprint density at radius 3 is 2.52 bits per heavy atom. The summed E-state index contributed by atoms with van der Waals surface area (Å²) in [6, 6.07) is 6.49. The molecule has 7 atom stereocenters. The fourth-order valence-electron chi connectivity index (χ4n) is 7.97. The van der Waals surface area contributed by atoms with Crippen molar-refractivity contribution in [2.24, 2.45) is 23.2 Å². The van der Waals surface area contributed by atoms with Crippen LogP contribution in [-0.2, 0) is 20.7 Å². The number of Topliss-reactive ketones (excluding diaryl/α,β-unsaturated/α-hetero) is 1. The number of benzene rings is 1. The van der Waals surface area contributed by atoms with Crippen molar-refractivity contribution in [3.63, 3.8) is 0 Å². The summed E-state index contributed by atoms with van der Waals surface area (Å²) in [5, 5.41) is 3.97. The molecule has 2 aromatic rings. The van der Waals surface area contributed by atoms with Crippen LogP contribution in [0.15, 0.2) is 24.3 Å². The highest BCUT2D eigenvalue weighted by atomic mass is 16.6. The fraction of sp³-hybridized carbons (Fsp3) is 0.676. The van der Waals surface area contributed by atoms with Gasteiger partial charge in [-0.3, -0.25) is 9.59 Å². The van der Waals surface area contributed by atoms with Crippen LogP contribution >= 0.6 is 0 Å². The number of amides is 2. The minimum absolute atomic E-state index is 0.0947. The molecule has 1 N–H and O–H groups in total. The molecule has 9 nitrogen and oxygen atoms in total. The van der Waals surface area contributed by atoms with E-state index in [1.54, 1.807) is 12.0 Å². The van der Waals surface area contributed by atoms with E-state index in [1.807, 2.05) is 45.9 Å². The Morgan fingerprint density at radius 1 is 1.07 bits per heavy atom. The number of carbonyl (C=O) groups is 3. The number of hydrogen-bond acceptors (Lipinski definition) is 7. The molecule has 252 valence electrons. The number of rotatable bonds is 3. The zero-order valence-electron chi connectivity index (χ0n) is 28.8. The van der Waals surface area contributed by atoms with Crippen LogP contribution in [0.3, 0.4) is 0 Å². The van der Waals surface area contributed by atoms with E-state index in [9.17, 15) is 14.4 Å². The van der Waals surface area contributed by atoms with E-state index >= 15 is 0 Å². The summed E-state index contributed by atoms with van der Waals surface area (Å²) in [7, 11) is 1.64. The Bertz CT molecular complexity index is 1420. The number of hydrogen-bond donors (Lipinski definition) is 1. The first-order valence-electron chi connectivity index (χ1n) is 17.3. The summed E-state index contributed by atoms with van der Waals surface area (Å²) < 4.78 is 18.4. The number of aromatic nitrogens is 1. The predicted octanol–water partition coefficient (Wildman–Crippen LogP) is 6.88. The second kappa shape index (κ2) is 14.2. The van der Waals surface area contributed by atoms with Gasteiger partial charge in [0.1, 0.15) is 24.0 Å². The summed E-state index contributed by atoms with van der Waals surface area (Å²) in [6.45, 7) is 11.7. The largest absolute Gasteiger partial charge is 0.497 e. The van der Waals surface area contributed by atoms with E-state index in [-0.39, 0.29) is 36.2 Å². The molecule has 1 aliphatic carbocycles. The van der Waals surface area contributed by atoms with Crippen molar-refractivity contribution >= 4 is 28.7 Å². The highest BCUT2D eigenvalue weighted by molar-refractivity contribution is 5.92. The molecule has 0 spiro atoms. The van der Waals surface area contributed by atoms with Gasteiger partial charge in [0.15, 0.2) is 5.78 Å². The van der Waals surface area contributed by atoms with E-state index in [2.05, 4.69) is 18.3 Å². The van der Waals surface area contributed by atoms with E-state index in [4.69, 9.17) is 19.2 Å². The molecule has 3 heterocycles. The van der Waals surface area contributed by atoms with Crippen molar-refractivity contribution in [1.82, 2.24) is 15.2 Å². The molecule has 2 fully saturated rings. The van der Waals surface area contributed by atoms with Crippen LogP contribution < -0.4 is 14.8 Å².